The molecule has 0 atom stereocenters. The van der Waals surface area contributed by atoms with Crippen LogP contribution >= 0.6 is 23.2 Å². The Morgan fingerprint density at radius 2 is 1.78 bits per heavy atom. The summed E-state index contributed by atoms with van der Waals surface area (Å²) < 4.78 is 13.1. The van der Waals surface area contributed by atoms with E-state index in [-0.39, 0.29) is 43.2 Å². The van der Waals surface area contributed by atoms with Gasteiger partial charge in [-0.05, 0) is 54.7 Å². The minimum atomic E-state index is -0.335. The zero-order valence-electron chi connectivity index (χ0n) is 27.2. The van der Waals surface area contributed by atoms with Crippen molar-refractivity contribution in [3.05, 3.63) is 63.8 Å². The summed E-state index contributed by atoms with van der Waals surface area (Å²) in [4.78, 5) is 29.8. The number of piperidine rings is 1. The molecule has 0 unspecified atom stereocenters. The molecule has 1 aliphatic rings. The number of amides is 2. The molecule has 2 heterocycles. The van der Waals surface area contributed by atoms with Gasteiger partial charge in [-0.3, -0.25) is 14.3 Å². The molecule has 46 heavy (non-hydrogen) atoms. The summed E-state index contributed by atoms with van der Waals surface area (Å²) in [5.74, 6) is 1.81. The van der Waals surface area contributed by atoms with Gasteiger partial charge in [0.05, 0.1) is 17.8 Å². The number of nitrogens with two attached hydrogens (primary N) is 2. The van der Waals surface area contributed by atoms with Crippen LogP contribution in [0.15, 0.2) is 47.5 Å². The van der Waals surface area contributed by atoms with Crippen LogP contribution in [-0.4, -0.2) is 65.7 Å². The number of aromatic nitrogens is 2. The molecule has 2 aromatic carbocycles. The number of nitrogens with one attached hydrogen (secondary N) is 1. The Labute approximate surface area is 281 Å². The first kappa shape index (κ1) is 36.5. The SMILES string of the molecule is CC(C)C.COc1cccc(COc2ccc(-c3cc(C4CCN(C(=O)CCNC(=O)CN=C(N)N)CC4)n(C)n3)c(Cl)c2Cl)c1. The van der Waals surface area contributed by atoms with Crippen molar-refractivity contribution in [1.29, 1.82) is 0 Å². The van der Waals surface area contributed by atoms with Crippen LogP contribution in [0, 0.1) is 5.92 Å². The van der Waals surface area contributed by atoms with Crippen LogP contribution in [-0.2, 0) is 23.2 Å². The van der Waals surface area contributed by atoms with Gasteiger partial charge in [-0.2, -0.15) is 5.10 Å². The lowest BCUT2D eigenvalue weighted by molar-refractivity contribution is -0.132. The number of guanidine groups is 1. The molecule has 13 heteroatoms. The number of likely N-dealkylation sites (tertiary alicyclic amines) is 1. The maximum Gasteiger partial charge on any atom is 0.241 e. The maximum absolute atomic E-state index is 12.6. The highest BCUT2D eigenvalue weighted by Gasteiger charge is 2.27. The molecule has 0 saturated carbocycles. The first-order valence-electron chi connectivity index (χ1n) is 15.3. The number of nitrogens with zero attached hydrogens (tertiary/aromatic N) is 4. The van der Waals surface area contributed by atoms with Gasteiger partial charge in [0.2, 0.25) is 11.8 Å². The summed E-state index contributed by atoms with van der Waals surface area (Å²) in [5.41, 5.74) is 13.9. The first-order valence-corrected chi connectivity index (χ1v) is 16.0. The molecule has 0 bridgehead atoms. The number of benzene rings is 2. The Balaban J connectivity index is 0.00000136. The topological polar surface area (TPSA) is 150 Å². The van der Waals surface area contributed by atoms with Gasteiger partial charge in [-0.25, -0.2) is 4.99 Å². The number of methoxy groups -OCH3 is 1. The van der Waals surface area contributed by atoms with Crippen LogP contribution in [0.4, 0.5) is 0 Å². The summed E-state index contributed by atoms with van der Waals surface area (Å²) >= 11 is 13.3. The third kappa shape index (κ3) is 10.8. The van der Waals surface area contributed by atoms with Crippen LogP contribution in [0.1, 0.15) is 57.2 Å². The lowest BCUT2D eigenvalue weighted by atomic mass is 9.92. The van der Waals surface area contributed by atoms with Gasteiger partial charge in [0.15, 0.2) is 5.96 Å². The Bertz CT molecular complexity index is 1490. The zero-order valence-corrected chi connectivity index (χ0v) is 28.7. The molecular formula is C33H45Cl2N7O4. The second kappa shape index (κ2) is 17.7. The Morgan fingerprint density at radius 3 is 2.43 bits per heavy atom. The molecule has 1 aromatic heterocycles. The normalized spacial score (nSPS) is 13.1. The third-order valence-corrected chi connectivity index (χ3v) is 7.96. The largest absolute Gasteiger partial charge is 0.497 e. The smallest absolute Gasteiger partial charge is 0.241 e. The molecule has 0 spiro atoms. The Morgan fingerprint density at radius 1 is 1.09 bits per heavy atom. The predicted octanol–water partition coefficient (Wildman–Crippen LogP) is 5.13. The molecule has 0 aliphatic carbocycles. The highest BCUT2D eigenvalue weighted by Crippen LogP contribution is 2.40. The number of aliphatic imine (C=N–C) groups is 1. The predicted molar refractivity (Wildman–Crippen MR) is 183 cm³/mol. The van der Waals surface area contributed by atoms with Crippen LogP contribution in [0.2, 0.25) is 10.0 Å². The number of carbonyl (C=O) groups is 2. The van der Waals surface area contributed by atoms with Crippen molar-refractivity contribution in [3.63, 3.8) is 0 Å². The number of hydrogen-bond acceptors (Lipinski definition) is 6. The van der Waals surface area contributed by atoms with Gasteiger partial charge in [-0.15, -0.1) is 0 Å². The molecule has 5 N–H and O–H groups in total. The van der Waals surface area contributed by atoms with E-state index in [2.05, 4.69) is 31.1 Å². The van der Waals surface area contributed by atoms with Gasteiger partial charge in [-0.1, -0.05) is 56.1 Å². The average molecular weight is 675 g/mol. The standard InChI is InChI=1S/C29H35Cl2N7O4.C4H10/c1-37-23(19-9-12-38(13-10-19)26(40)8-11-34-25(39)16-35-29(32)33)15-22(36-37)21-6-7-24(28(31)27(21)30)42-17-18-4-3-5-20(14-18)41-2;1-4(2)3/h3-7,14-15,19H,8-13,16-17H2,1-2H3,(H,34,39)(H4,32,33,35);4H,1-3H3. The summed E-state index contributed by atoms with van der Waals surface area (Å²) in [6.45, 7) is 8.14. The lowest BCUT2D eigenvalue weighted by Crippen LogP contribution is -2.40. The van der Waals surface area contributed by atoms with Crippen LogP contribution in [0.25, 0.3) is 11.3 Å². The molecule has 250 valence electrons. The van der Waals surface area contributed by atoms with Gasteiger partial charge in [0.25, 0.3) is 0 Å². The zero-order chi connectivity index (χ0) is 33.8. The number of rotatable bonds is 11. The summed E-state index contributed by atoms with van der Waals surface area (Å²) in [6.07, 6.45) is 1.81. The van der Waals surface area contributed by atoms with Crippen molar-refractivity contribution in [1.82, 2.24) is 20.0 Å². The van der Waals surface area contributed by atoms with Crippen molar-refractivity contribution < 1.29 is 19.1 Å². The molecular weight excluding hydrogens is 629 g/mol. The molecule has 11 nitrogen and oxygen atoms in total. The van der Waals surface area contributed by atoms with E-state index in [0.29, 0.717) is 46.7 Å². The van der Waals surface area contributed by atoms with Crippen molar-refractivity contribution in [2.45, 2.75) is 52.6 Å². The molecule has 1 fully saturated rings. The van der Waals surface area contributed by atoms with E-state index in [1.165, 1.54) is 0 Å². The fourth-order valence-electron chi connectivity index (χ4n) is 4.87. The molecule has 2 amide bonds. The molecule has 4 rings (SSSR count). The van der Waals surface area contributed by atoms with E-state index in [0.717, 1.165) is 35.8 Å². The highest BCUT2D eigenvalue weighted by atomic mass is 35.5. The van der Waals surface area contributed by atoms with E-state index in [1.807, 2.05) is 53.0 Å². The Hall–Kier alpha value is -3.96. The fraction of sp³-hybridized carbons (Fsp3) is 0.455. The van der Waals surface area contributed by atoms with Gasteiger partial charge in [0, 0.05) is 50.3 Å². The quantitative estimate of drug-likeness (QED) is 0.189. The van der Waals surface area contributed by atoms with Crippen LogP contribution in [0.3, 0.4) is 0 Å². The highest BCUT2D eigenvalue weighted by molar-refractivity contribution is 6.44. The molecule has 3 aromatic rings. The number of halogens is 2. The molecule has 0 radical (unpaired) electrons. The van der Waals surface area contributed by atoms with Crippen molar-refractivity contribution >= 4 is 41.0 Å². The van der Waals surface area contributed by atoms with E-state index in [4.69, 9.17) is 49.2 Å². The van der Waals surface area contributed by atoms with Gasteiger partial charge >= 0.3 is 0 Å². The number of aryl methyl sites for hydroxylation is 1. The number of hydrogen-bond donors (Lipinski definition) is 3. The summed E-state index contributed by atoms with van der Waals surface area (Å²) in [5, 5.41) is 8.05. The maximum atomic E-state index is 12.6. The van der Waals surface area contributed by atoms with Gasteiger partial charge in [0.1, 0.15) is 29.7 Å². The lowest BCUT2D eigenvalue weighted by Gasteiger charge is -2.32. The van der Waals surface area contributed by atoms with E-state index >= 15 is 0 Å². The first-order chi connectivity index (χ1) is 21.9. The average Bonchev–Trinajstić information content (AvgIpc) is 3.41. The van der Waals surface area contributed by atoms with Crippen molar-refractivity contribution in [2.75, 3.05) is 33.3 Å². The second-order valence-electron chi connectivity index (χ2n) is 11.7. The fourth-order valence-corrected chi connectivity index (χ4v) is 5.34. The third-order valence-electron chi connectivity index (χ3n) is 7.10. The van der Waals surface area contributed by atoms with Crippen molar-refractivity contribution in [3.8, 4) is 22.8 Å². The Kier molecular flexibility index (Phi) is 14.0. The van der Waals surface area contributed by atoms with Gasteiger partial charge < -0.3 is 31.2 Å². The van der Waals surface area contributed by atoms with E-state index < -0.39 is 0 Å². The summed E-state index contributed by atoms with van der Waals surface area (Å²) in [6, 6.07) is 13.3. The molecule has 1 aliphatic heterocycles. The van der Waals surface area contributed by atoms with E-state index in [1.54, 1.807) is 13.2 Å². The summed E-state index contributed by atoms with van der Waals surface area (Å²) in [7, 11) is 3.53. The van der Waals surface area contributed by atoms with Crippen LogP contribution in [0.5, 0.6) is 11.5 Å². The molecule has 1 saturated heterocycles. The van der Waals surface area contributed by atoms with Crippen molar-refractivity contribution in [2.24, 2.45) is 29.4 Å². The second-order valence-corrected chi connectivity index (χ2v) is 12.4. The minimum Gasteiger partial charge on any atom is -0.497 e. The number of carbonyl (C=O) groups excluding carboxylic acids is 2. The minimum absolute atomic E-state index is 0.00332. The monoisotopic (exact) mass is 673 g/mol. The number of ether oxygens (including phenoxy) is 2. The van der Waals surface area contributed by atoms with Crippen LogP contribution < -0.4 is 26.3 Å². The van der Waals surface area contributed by atoms with E-state index in [9.17, 15) is 9.59 Å².